The number of hydrogen-bond acceptors (Lipinski definition) is 1. The Morgan fingerprint density at radius 3 is 2.31 bits per heavy atom. The molecule has 1 aromatic rings. The van der Waals surface area contributed by atoms with E-state index in [1.807, 2.05) is 0 Å². The molecule has 0 radical (unpaired) electrons. The summed E-state index contributed by atoms with van der Waals surface area (Å²) < 4.78 is 49.8. The fraction of sp³-hybridized carbons (Fsp3) is 0.364. The van der Waals surface area contributed by atoms with Crippen LogP contribution in [0, 0.1) is 11.7 Å². The Morgan fingerprint density at radius 1 is 1.25 bits per heavy atom. The first-order chi connectivity index (χ1) is 7.39. The highest BCUT2D eigenvalue weighted by Gasteiger charge is 2.35. The number of benzene rings is 1. The van der Waals surface area contributed by atoms with Gasteiger partial charge in [0.25, 0.3) is 0 Å². The van der Waals surface area contributed by atoms with Crippen LogP contribution < -0.4 is 0 Å². The lowest BCUT2D eigenvalue weighted by molar-refractivity contribution is -0.140. The number of alkyl halides is 3. The molecule has 0 heterocycles. The maximum absolute atomic E-state index is 13.1. The van der Waals surface area contributed by atoms with Crippen LogP contribution in [0.1, 0.15) is 28.8 Å². The van der Waals surface area contributed by atoms with E-state index in [1.165, 1.54) is 0 Å². The number of halogens is 4. The molecule has 0 bridgehead atoms. The van der Waals surface area contributed by atoms with Crippen molar-refractivity contribution in [2.24, 2.45) is 5.92 Å². The minimum Gasteiger partial charge on any atom is -0.294 e. The summed E-state index contributed by atoms with van der Waals surface area (Å²) in [5, 5.41) is 0. The summed E-state index contributed by atoms with van der Waals surface area (Å²) in [5.74, 6) is -1.79. The van der Waals surface area contributed by atoms with Crippen molar-refractivity contribution in [1.29, 1.82) is 0 Å². The molecule has 1 fully saturated rings. The first kappa shape index (κ1) is 11.1. The van der Waals surface area contributed by atoms with Gasteiger partial charge in [0, 0.05) is 11.5 Å². The third kappa shape index (κ3) is 2.08. The molecule has 1 aliphatic carbocycles. The molecule has 0 unspecified atom stereocenters. The van der Waals surface area contributed by atoms with Crippen molar-refractivity contribution in [1.82, 2.24) is 0 Å². The first-order valence-electron chi connectivity index (χ1n) is 4.80. The van der Waals surface area contributed by atoms with Gasteiger partial charge in [-0.2, -0.15) is 13.2 Å². The van der Waals surface area contributed by atoms with Crippen molar-refractivity contribution < 1.29 is 22.4 Å². The van der Waals surface area contributed by atoms with E-state index >= 15 is 0 Å². The van der Waals surface area contributed by atoms with Crippen LogP contribution in [0.2, 0.25) is 0 Å². The molecule has 1 aliphatic rings. The molecular formula is C11H8F4O. The summed E-state index contributed by atoms with van der Waals surface area (Å²) >= 11 is 0. The van der Waals surface area contributed by atoms with Gasteiger partial charge in [-0.15, -0.1) is 0 Å². The molecule has 1 nitrogen and oxygen atoms in total. The van der Waals surface area contributed by atoms with Crippen molar-refractivity contribution in [3.63, 3.8) is 0 Å². The van der Waals surface area contributed by atoms with Crippen molar-refractivity contribution in [3.05, 3.63) is 35.1 Å². The van der Waals surface area contributed by atoms with Crippen molar-refractivity contribution in [2.45, 2.75) is 19.0 Å². The zero-order chi connectivity index (χ0) is 11.9. The number of rotatable bonds is 2. The lowest BCUT2D eigenvalue weighted by Crippen LogP contribution is -2.10. The molecule has 0 aliphatic heterocycles. The van der Waals surface area contributed by atoms with Gasteiger partial charge in [-0.25, -0.2) is 4.39 Å². The van der Waals surface area contributed by atoms with Gasteiger partial charge in [0.15, 0.2) is 5.78 Å². The second kappa shape index (κ2) is 3.57. The van der Waals surface area contributed by atoms with Gasteiger partial charge in [0.2, 0.25) is 0 Å². The molecular weight excluding hydrogens is 224 g/mol. The van der Waals surface area contributed by atoms with E-state index in [-0.39, 0.29) is 17.3 Å². The number of carbonyl (C=O) groups is 1. The van der Waals surface area contributed by atoms with Gasteiger partial charge in [0.1, 0.15) is 5.82 Å². The number of Topliss-reactive ketones (excluding diaryl/α,β-unsaturated/α-hetero) is 1. The summed E-state index contributed by atoms with van der Waals surface area (Å²) in [6.45, 7) is 0. The van der Waals surface area contributed by atoms with Crippen LogP contribution in [0.3, 0.4) is 0 Å². The van der Waals surface area contributed by atoms with E-state index in [0.717, 1.165) is 18.9 Å². The standard InChI is InChI=1S/C11H8F4O/c12-9-5-7(10(16)6-1-2-6)3-4-8(9)11(13,14)15/h3-6H,1-2H2. The molecule has 5 heteroatoms. The average molecular weight is 232 g/mol. The summed E-state index contributed by atoms with van der Waals surface area (Å²) in [7, 11) is 0. The largest absolute Gasteiger partial charge is 0.419 e. The van der Waals surface area contributed by atoms with E-state index < -0.39 is 17.6 Å². The van der Waals surface area contributed by atoms with Crippen LogP contribution in [0.4, 0.5) is 17.6 Å². The second-order valence-electron chi connectivity index (χ2n) is 3.83. The van der Waals surface area contributed by atoms with Gasteiger partial charge in [-0.1, -0.05) is 6.07 Å². The molecule has 0 N–H and O–H groups in total. The number of carbonyl (C=O) groups excluding carboxylic acids is 1. The third-order valence-electron chi connectivity index (χ3n) is 2.51. The fourth-order valence-corrected chi connectivity index (χ4v) is 1.48. The van der Waals surface area contributed by atoms with Crippen molar-refractivity contribution >= 4 is 5.78 Å². The highest BCUT2D eigenvalue weighted by atomic mass is 19.4. The Balaban J connectivity index is 2.32. The smallest absolute Gasteiger partial charge is 0.294 e. The molecule has 1 saturated carbocycles. The highest BCUT2D eigenvalue weighted by molar-refractivity contribution is 5.99. The van der Waals surface area contributed by atoms with Crippen LogP contribution >= 0.6 is 0 Å². The maximum atomic E-state index is 13.1. The second-order valence-corrected chi connectivity index (χ2v) is 3.83. The summed E-state index contributed by atoms with van der Waals surface area (Å²) in [5.41, 5.74) is -1.31. The third-order valence-corrected chi connectivity index (χ3v) is 2.51. The minimum atomic E-state index is -4.72. The van der Waals surface area contributed by atoms with Crippen LogP contribution in [-0.2, 0) is 6.18 Å². The van der Waals surface area contributed by atoms with Gasteiger partial charge in [-0.3, -0.25) is 4.79 Å². The Kier molecular flexibility index (Phi) is 2.48. The Labute approximate surface area is 89.1 Å². The zero-order valence-corrected chi connectivity index (χ0v) is 8.14. The average Bonchev–Trinajstić information content (AvgIpc) is 2.97. The molecule has 1 aromatic carbocycles. The molecule has 0 saturated heterocycles. The molecule has 16 heavy (non-hydrogen) atoms. The summed E-state index contributed by atoms with van der Waals surface area (Å²) in [6.07, 6.45) is -3.24. The van der Waals surface area contributed by atoms with Crippen molar-refractivity contribution in [2.75, 3.05) is 0 Å². The number of ketones is 1. The molecule has 0 amide bonds. The first-order valence-corrected chi connectivity index (χ1v) is 4.80. The van der Waals surface area contributed by atoms with E-state index in [2.05, 4.69) is 0 Å². The topological polar surface area (TPSA) is 17.1 Å². The summed E-state index contributed by atoms with van der Waals surface area (Å²) in [4.78, 5) is 11.5. The SMILES string of the molecule is O=C(c1ccc(C(F)(F)F)c(F)c1)C1CC1. The van der Waals surface area contributed by atoms with E-state index in [4.69, 9.17) is 0 Å². The quantitative estimate of drug-likeness (QED) is 0.564. The van der Waals surface area contributed by atoms with Gasteiger partial charge in [-0.05, 0) is 25.0 Å². The number of hydrogen-bond donors (Lipinski definition) is 0. The monoisotopic (exact) mass is 232 g/mol. The van der Waals surface area contributed by atoms with Gasteiger partial charge < -0.3 is 0 Å². The van der Waals surface area contributed by atoms with Crippen molar-refractivity contribution in [3.8, 4) is 0 Å². The molecule has 0 spiro atoms. The normalized spacial score (nSPS) is 16.2. The van der Waals surface area contributed by atoms with Crippen LogP contribution in [-0.4, -0.2) is 5.78 Å². The Hall–Kier alpha value is -1.39. The Morgan fingerprint density at radius 2 is 1.88 bits per heavy atom. The van der Waals surface area contributed by atoms with E-state index in [1.54, 1.807) is 0 Å². The van der Waals surface area contributed by atoms with Crippen LogP contribution in [0.15, 0.2) is 18.2 Å². The maximum Gasteiger partial charge on any atom is 0.419 e. The predicted octanol–water partition coefficient (Wildman–Crippen LogP) is 3.44. The molecule has 86 valence electrons. The summed E-state index contributed by atoms with van der Waals surface area (Å²) in [6, 6.07) is 2.32. The predicted molar refractivity (Wildman–Crippen MR) is 48.5 cm³/mol. The lowest BCUT2D eigenvalue weighted by Gasteiger charge is -2.08. The van der Waals surface area contributed by atoms with E-state index in [9.17, 15) is 22.4 Å². The van der Waals surface area contributed by atoms with E-state index in [0.29, 0.717) is 12.1 Å². The van der Waals surface area contributed by atoms with Gasteiger partial charge in [0.05, 0.1) is 5.56 Å². The molecule has 0 atom stereocenters. The van der Waals surface area contributed by atoms with Gasteiger partial charge >= 0.3 is 6.18 Å². The zero-order valence-electron chi connectivity index (χ0n) is 8.14. The lowest BCUT2D eigenvalue weighted by atomic mass is 10.0. The Bertz CT molecular complexity index is 432. The molecule has 2 rings (SSSR count). The fourth-order valence-electron chi connectivity index (χ4n) is 1.48. The minimum absolute atomic E-state index is 0.0213. The highest BCUT2D eigenvalue weighted by Crippen LogP contribution is 2.35. The van der Waals surface area contributed by atoms with Crippen LogP contribution in [0.5, 0.6) is 0 Å². The van der Waals surface area contributed by atoms with Crippen LogP contribution in [0.25, 0.3) is 0 Å². The molecule has 0 aromatic heterocycles.